The fourth-order valence-corrected chi connectivity index (χ4v) is 5.32. The first-order valence-corrected chi connectivity index (χ1v) is 10.9. The van der Waals surface area contributed by atoms with E-state index in [9.17, 15) is 13.2 Å². The Morgan fingerprint density at radius 2 is 2.00 bits per heavy atom. The topological polar surface area (TPSA) is 63.7 Å². The summed E-state index contributed by atoms with van der Waals surface area (Å²) >= 11 is 3.44. The Labute approximate surface area is 162 Å². The van der Waals surface area contributed by atoms with Crippen LogP contribution in [0.2, 0.25) is 0 Å². The van der Waals surface area contributed by atoms with Gasteiger partial charge >= 0.3 is 0 Å². The van der Waals surface area contributed by atoms with Crippen molar-refractivity contribution in [1.82, 2.24) is 4.90 Å². The van der Waals surface area contributed by atoms with Crippen LogP contribution in [0.1, 0.15) is 22.3 Å². The zero-order chi connectivity index (χ0) is 18.7. The van der Waals surface area contributed by atoms with Crippen LogP contribution in [-0.4, -0.2) is 43.9 Å². The number of ether oxygens (including phenoxy) is 1. The van der Waals surface area contributed by atoms with Crippen LogP contribution in [0.15, 0.2) is 53.0 Å². The molecule has 1 amide bonds. The van der Waals surface area contributed by atoms with Crippen molar-refractivity contribution in [2.75, 3.05) is 18.6 Å². The molecular formula is C19H20BrNO4S. The predicted octanol–water partition coefficient (Wildman–Crippen LogP) is 3.29. The lowest BCUT2D eigenvalue weighted by atomic mass is 10.1. The molecule has 0 spiro atoms. The summed E-state index contributed by atoms with van der Waals surface area (Å²) in [6.07, 6.45) is 0.464. The molecule has 1 fully saturated rings. The molecule has 1 atom stereocenters. The Morgan fingerprint density at radius 1 is 1.23 bits per heavy atom. The summed E-state index contributed by atoms with van der Waals surface area (Å²) in [5.74, 6) is 0.539. The molecule has 0 saturated carbocycles. The minimum absolute atomic E-state index is 0.0106. The van der Waals surface area contributed by atoms with E-state index in [0.717, 1.165) is 10.0 Å². The number of halogens is 1. The van der Waals surface area contributed by atoms with Crippen molar-refractivity contribution in [2.24, 2.45) is 0 Å². The van der Waals surface area contributed by atoms with E-state index < -0.39 is 9.84 Å². The first kappa shape index (κ1) is 18.9. The second-order valence-electron chi connectivity index (χ2n) is 6.35. The zero-order valence-corrected chi connectivity index (χ0v) is 16.8. The van der Waals surface area contributed by atoms with Gasteiger partial charge < -0.3 is 9.64 Å². The maximum atomic E-state index is 13.2. The van der Waals surface area contributed by atoms with E-state index >= 15 is 0 Å². The summed E-state index contributed by atoms with van der Waals surface area (Å²) in [7, 11) is -1.55. The molecule has 1 aliphatic rings. The number of methoxy groups -OCH3 is 1. The van der Waals surface area contributed by atoms with Gasteiger partial charge in [-0.2, -0.15) is 0 Å². The Morgan fingerprint density at radius 3 is 2.65 bits per heavy atom. The number of hydrogen-bond acceptors (Lipinski definition) is 4. The number of carbonyl (C=O) groups is 1. The number of sulfone groups is 1. The fourth-order valence-electron chi connectivity index (χ4n) is 3.14. The first-order chi connectivity index (χ1) is 12.4. The van der Waals surface area contributed by atoms with Crippen LogP contribution in [0.3, 0.4) is 0 Å². The van der Waals surface area contributed by atoms with Gasteiger partial charge in [-0.1, -0.05) is 34.1 Å². The molecule has 0 bridgehead atoms. The summed E-state index contributed by atoms with van der Waals surface area (Å²) in [4.78, 5) is 14.8. The molecule has 5 nitrogen and oxygen atoms in total. The van der Waals surface area contributed by atoms with Crippen molar-refractivity contribution in [3.63, 3.8) is 0 Å². The van der Waals surface area contributed by atoms with Crippen LogP contribution in [0.25, 0.3) is 0 Å². The lowest BCUT2D eigenvalue weighted by molar-refractivity contribution is 0.0680. The molecular weight excluding hydrogens is 418 g/mol. The van der Waals surface area contributed by atoms with Crippen molar-refractivity contribution < 1.29 is 17.9 Å². The third-order valence-corrected chi connectivity index (χ3v) is 6.71. The van der Waals surface area contributed by atoms with Gasteiger partial charge in [-0.15, -0.1) is 0 Å². The van der Waals surface area contributed by atoms with Gasteiger partial charge in [0.2, 0.25) is 0 Å². The number of hydrogen-bond donors (Lipinski definition) is 0. The van der Waals surface area contributed by atoms with Gasteiger partial charge in [0.1, 0.15) is 5.75 Å². The molecule has 7 heteroatoms. The van der Waals surface area contributed by atoms with Gasteiger partial charge in [-0.25, -0.2) is 8.42 Å². The number of benzene rings is 2. The normalized spacial score (nSPS) is 18.5. The molecule has 2 aromatic carbocycles. The third kappa shape index (κ3) is 4.45. The van der Waals surface area contributed by atoms with Crippen LogP contribution in [0.5, 0.6) is 5.75 Å². The monoisotopic (exact) mass is 437 g/mol. The van der Waals surface area contributed by atoms with Crippen LogP contribution < -0.4 is 4.74 Å². The molecule has 1 aliphatic heterocycles. The lowest BCUT2D eigenvalue weighted by Crippen LogP contribution is -2.40. The molecule has 0 unspecified atom stereocenters. The SMILES string of the molecule is COc1cccc(C(=O)N(Cc2cccc(Br)c2)[C@@H]2CCS(=O)(=O)C2)c1. The van der Waals surface area contributed by atoms with Crippen molar-refractivity contribution in [2.45, 2.75) is 19.0 Å². The molecule has 1 saturated heterocycles. The van der Waals surface area contributed by atoms with Crippen LogP contribution >= 0.6 is 15.9 Å². The largest absolute Gasteiger partial charge is 0.497 e. The number of nitrogens with zero attached hydrogens (tertiary/aromatic N) is 1. The summed E-state index contributed by atoms with van der Waals surface area (Å²) in [6.45, 7) is 0.357. The minimum atomic E-state index is -3.10. The maximum Gasteiger partial charge on any atom is 0.254 e. The fraction of sp³-hybridized carbons (Fsp3) is 0.316. The van der Waals surface area contributed by atoms with E-state index in [1.165, 1.54) is 0 Å². The van der Waals surface area contributed by atoms with Crippen molar-refractivity contribution in [3.05, 3.63) is 64.1 Å². The van der Waals surface area contributed by atoms with E-state index in [1.807, 2.05) is 24.3 Å². The second-order valence-corrected chi connectivity index (χ2v) is 9.50. The average molecular weight is 438 g/mol. The first-order valence-electron chi connectivity index (χ1n) is 8.28. The molecule has 3 rings (SSSR count). The zero-order valence-electron chi connectivity index (χ0n) is 14.4. The van der Waals surface area contributed by atoms with Gasteiger partial charge in [0.15, 0.2) is 9.84 Å². The highest BCUT2D eigenvalue weighted by atomic mass is 79.9. The van der Waals surface area contributed by atoms with Crippen molar-refractivity contribution in [3.8, 4) is 5.75 Å². The molecule has 1 heterocycles. The minimum Gasteiger partial charge on any atom is -0.497 e. The van der Waals surface area contributed by atoms with Gasteiger partial charge in [-0.05, 0) is 42.3 Å². The molecule has 138 valence electrons. The van der Waals surface area contributed by atoms with Crippen LogP contribution in [0, 0.1) is 0 Å². The van der Waals surface area contributed by atoms with E-state index in [0.29, 0.717) is 24.3 Å². The highest BCUT2D eigenvalue weighted by Gasteiger charge is 2.35. The Kier molecular flexibility index (Phi) is 5.67. The third-order valence-electron chi connectivity index (χ3n) is 4.47. The standard InChI is InChI=1S/C19H20BrNO4S/c1-25-18-7-3-5-15(11-18)19(22)21(17-8-9-26(23,24)13-17)12-14-4-2-6-16(20)10-14/h2-7,10-11,17H,8-9,12-13H2,1H3/t17-/m1/s1. The quantitative estimate of drug-likeness (QED) is 0.719. The summed E-state index contributed by atoms with van der Waals surface area (Å²) in [6, 6.07) is 14.3. The van der Waals surface area contributed by atoms with E-state index in [-0.39, 0.29) is 23.5 Å². The lowest BCUT2D eigenvalue weighted by Gasteiger charge is -2.28. The number of carbonyl (C=O) groups excluding carboxylic acids is 1. The Hall–Kier alpha value is -1.86. The Bertz CT molecular complexity index is 913. The van der Waals surface area contributed by atoms with E-state index in [1.54, 1.807) is 36.3 Å². The average Bonchev–Trinajstić information content (AvgIpc) is 2.99. The highest BCUT2D eigenvalue weighted by molar-refractivity contribution is 9.10. The smallest absolute Gasteiger partial charge is 0.254 e. The van der Waals surface area contributed by atoms with Gasteiger partial charge in [0.05, 0.1) is 18.6 Å². The molecule has 0 N–H and O–H groups in total. The van der Waals surface area contributed by atoms with E-state index in [2.05, 4.69) is 15.9 Å². The Balaban J connectivity index is 1.92. The molecule has 26 heavy (non-hydrogen) atoms. The van der Waals surface area contributed by atoms with Crippen molar-refractivity contribution in [1.29, 1.82) is 0 Å². The number of amides is 1. The summed E-state index contributed by atoms with van der Waals surface area (Å²) < 4.78 is 30.0. The molecule has 0 aromatic heterocycles. The summed E-state index contributed by atoms with van der Waals surface area (Å²) in [5.41, 5.74) is 1.43. The molecule has 2 aromatic rings. The number of rotatable bonds is 5. The molecule has 0 aliphatic carbocycles. The molecule has 0 radical (unpaired) electrons. The summed E-state index contributed by atoms with van der Waals surface area (Å²) in [5, 5.41) is 0. The van der Waals surface area contributed by atoms with Crippen molar-refractivity contribution >= 4 is 31.7 Å². The van der Waals surface area contributed by atoms with Gasteiger partial charge in [-0.3, -0.25) is 4.79 Å². The van der Waals surface area contributed by atoms with Gasteiger partial charge in [0, 0.05) is 22.6 Å². The maximum absolute atomic E-state index is 13.2. The highest BCUT2D eigenvalue weighted by Crippen LogP contribution is 2.24. The van der Waals surface area contributed by atoms with Crippen LogP contribution in [0.4, 0.5) is 0 Å². The van der Waals surface area contributed by atoms with Gasteiger partial charge in [0.25, 0.3) is 5.91 Å². The second kappa shape index (κ2) is 7.80. The van der Waals surface area contributed by atoms with Crippen LogP contribution in [-0.2, 0) is 16.4 Å². The van der Waals surface area contributed by atoms with E-state index in [4.69, 9.17) is 4.74 Å². The predicted molar refractivity (Wildman–Crippen MR) is 104 cm³/mol.